The Morgan fingerprint density at radius 3 is 2.71 bits per heavy atom. The summed E-state index contributed by atoms with van der Waals surface area (Å²) in [5.41, 5.74) is 2.60. The van der Waals surface area contributed by atoms with Gasteiger partial charge in [0.2, 0.25) is 16.0 Å². The summed E-state index contributed by atoms with van der Waals surface area (Å²) in [7, 11) is 0.177. The van der Waals surface area contributed by atoms with Gasteiger partial charge in [-0.25, -0.2) is 23.1 Å². The lowest BCUT2D eigenvalue weighted by molar-refractivity contribution is 0.138. The van der Waals surface area contributed by atoms with Crippen LogP contribution in [0.3, 0.4) is 0 Å². The molecule has 1 unspecified atom stereocenters. The number of H-pyrrole nitrogens is 1. The molecule has 0 amide bonds. The summed E-state index contributed by atoms with van der Waals surface area (Å²) in [5.74, 6) is 1.57. The number of hydrogen-bond donors (Lipinski definition) is 3. The zero-order valence-corrected chi connectivity index (χ0v) is 19.1. The molecule has 11 nitrogen and oxygen atoms in total. The first-order chi connectivity index (χ1) is 14.7. The second-order valence-electron chi connectivity index (χ2n) is 7.37. The Balaban J connectivity index is 2.08. The molecule has 0 aromatic carbocycles. The fourth-order valence-corrected chi connectivity index (χ4v) is 3.77. The molecule has 0 aliphatic heterocycles. The summed E-state index contributed by atoms with van der Waals surface area (Å²) in [4.78, 5) is 15.3. The summed E-state index contributed by atoms with van der Waals surface area (Å²) in [6.07, 6.45) is 3.23. The number of fused-ring (bicyclic) bond motifs is 1. The van der Waals surface area contributed by atoms with Crippen molar-refractivity contribution >= 4 is 38.6 Å². The Morgan fingerprint density at radius 2 is 2.06 bits per heavy atom. The van der Waals surface area contributed by atoms with E-state index in [1.807, 2.05) is 40.1 Å². The number of nitrogens with one attached hydrogen (secondary N) is 3. The van der Waals surface area contributed by atoms with Gasteiger partial charge in [-0.05, 0) is 38.0 Å². The zero-order chi connectivity index (χ0) is 22.6. The molecule has 3 aromatic heterocycles. The van der Waals surface area contributed by atoms with E-state index >= 15 is 0 Å². The second-order valence-corrected chi connectivity index (χ2v) is 9.15. The highest BCUT2D eigenvalue weighted by Crippen LogP contribution is 2.30. The van der Waals surface area contributed by atoms with Gasteiger partial charge in [-0.2, -0.15) is 10.1 Å². The van der Waals surface area contributed by atoms with Gasteiger partial charge in [-0.15, -0.1) is 0 Å². The summed E-state index contributed by atoms with van der Waals surface area (Å²) < 4.78 is 32.0. The van der Waals surface area contributed by atoms with Crippen molar-refractivity contribution in [3.8, 4) is 0 Å². The molecule has 1 atom stereocenters. The molecule has 0 bridgehead atoms. The van der Waals surface area contributed by atoms with Gasteiger partial charge < -0.3 is 15.0 Å². The van der Waals surface area contributed by atoms with E-state index in [4.69, 9.17) is 4.74 Å². The molecular formula is C19H28N8O3S. The van der Waals surface area contributed by atoms with Crippen molar-refractivity contribution in [3.05, 3.63) is 29.6 Å². The number of nitrogens with zero attached hydrogens (tertiary/aromatic N) is 5. The molecule has 12 heteroatoms. The molecule has 0 saturated carbocycles. The van der Waals surface area contributed by atoms with Crippen LogP contribution < -0.4 is 14.9 Å². The number of hydrogen-bond acceptors (Lipinski definition) is 9. The Morgan fingerprint density at radius 1 is 1.29 bits per heavy atom. The fourth-order valence-electron chi connectivity index (χ4n) is 3.02. The third-order valence-electron chi connectivity index (χ3n) is 4.43. The van der Waals surface area contributed by atoms with E-state index in [1.54, 1.807) is 11.1 Å². The number of aryl methyl sites for hydroxylation is 1. The van der Waals surface area contributed by atoms with E-state index in [2.05, 4.69) is 35.2 Å². The number of aromatic nitrogens is 5. The van der Waals surface area contributed by atoms with E-state index in [-0.39, 0.29) is 0 Å². The minimum absolute atomic E-state index is 0.377. The minimum atomic E-state index is -3.48. The van der Waals surface area contributed by atoms with Crippen molar-refractivity contribution in [2.45, 2.75) is 26.3 Å². The molecule has 0 saturated heterocycles. The largest absolute Gasteiger partial charge is 0.382 e. The predicted molar refractivity (Wildman–Crippen MR) is 120 cm³/mol. The Bertz CT molecular complexity index is 1150. The number of anilines is 3. The molecule has 0 aliphatic carbocycles. The first kappa shape index (κ1) is 22.8. The highest BCUT2D eigenvalue weighted by Gasteiger charge is 2.25. The summed E-state index contributed by atoms with van der Waals surface area (Å²) >= 11 is 0. The SMILES string of the molecule is CCOCCC(NS(C)(=O)=O)c1n[nH]c2c(Nc3cc(C)ccn3)nc(N(C)C)nc12. The predicted octanol–water partition coefficient (Wildman–Crippen LogP) is 1.88. The third kappa shape index (κ3) is 5.87. The quantitative estimate of drug-likeness (QED) is 0.397. The van der Waals surface area contributed by atoms with Crippen LogP contribution in [0.2, 0.25) is 0 Å². The molecule has 31 heavy (non-hydrogen) atoms. The van der Waals surface area contributed by atoms with Gasteiger partial charge in [0.15, 0.2) is 5.82 Å². The average Bonchev–Trinajstić information content (AvgIpc) is 3.10. The van der Waals surface area contributed by atoms with Crippen LogP contribution in [0.5, 0.6) is 0 Å². The zero-order valence-electron chi connectivity index (χ0n) is 18.3. The maximum atomic E-state index is 12.0. The van der Waals surface area contributed by atoms with E-state index < -0.39 is 16.1 Å². The molecule has 3 N–H and O–H groups in total. The van der Waals surface area contributed by atoms with Gasteiger partial charge >= 0.3 is 0 Å². The molecular weight excluding hydrogens is 420 g/mol. The van der Waals surface area contributed by atoms with E-state index in [0.29, 0.717) is 53.9 Å². The van der Waals surface area contributed by atoms with Crippen LogP contribution in [0.1, 0.15) is 30.6 Å². The van der Waals surface area contributed by atoms with Crippen LogP contribution in [-0.4, -0.2) is 67.1 Å². The summed E-state index contributed by atoms with van der Waals surface area (Å²) in [5, 5.41) is 10.6. The van der Waals surface area contributed by atoms with Crippen molar-refractivity contribution in [2.75, 3.05) is 43.8 Å². The first-order valence-corrected chi connectivity index (χ1v) is 11.7. The van der Waals surface area contributed by atoms with Crippen molar-refractivity contribution in [1.82, 2.24) is 29.9 Å². The number of aromatic amines is 1. The first-order valence-electron chi connectivity index (χ1n) is 9.86. The standard InChI is InChI=1S/C19H28N8O3S/c1-6-30-10-8-13(26-31(5,28)29)15-16-17(25-24-15)18(23-19(22-16)27(3)4)21-14-11-12(2)7-9-20-14/h7,9,11,13,26H,6,8,10H2,1-5H3,(H,24,25)(H,20,21,22,23). The number of sulfonamides is 1. The van der Waals surface area contributed by atoms with Crippen LogP contribution in [0.25, 0.3) is 11.0 Å². The summed E-state index contributed by atoms with van der Waals surface area (Å²) in [6, 6.07) is 3.20. The van der Waals surface area contributed by atoms with Crippen LogP contribution in [0.4, 0.5) is 17.6 Å². The lowest BCUT2D eigenvalue weighted by Crippen LogP contribution is -2.29. The normalized spacial score (nSPS) is 12.8. The fraction of sp³-hybridized carbons (Fsp3) is 0.474. The van der Waals surface area contributed by atoms with Crippen LogP contribution in [0, 0.1) is 6.92 Å². The van der Waals surface area contributed by atoms with E-state index in [9.17, 15) is 8.42 Å². The summed E-state index contributed by atoms with van der Waals surface area (Å²) in [6.45, 7) is 4.78. The molecule has 3 heterocycles. The molecule has 0 fully saturated rings. The highest BCUT2D eigenvalue weighted by molar-refractivity contribution is 7.88. The number of rotatable bonds is 10. The minimum Gasteiger partial charge on any atom is -0.382 e. The van der Waals surface area contributed by atoms with Crippen molar-refractivity contribution in [1.29, 1.82) is 0 Å². The van der Waals surface area contributed by atoms with Gasteiger partial charge in [0.05, 0.1) is 12.3 Å². The smallest absolute Gasteiger partial charge is 0.227 e. The lowest BCUT2D eigenvalue weighted by atomic mass is 10.1. The Labute approximate surface area is 181 Å². The van der Waals surface area contributed by atoms with Gasteiger partial charge in [0, 0.05) is 33.5 Å². The monoisotopic (exact) mass is 448 g/mol. The molecule has 0 spiro atoms. The maximum Gasteiger partial charge on any atom is 0.227 e. The van der Waals surface area contributed by atoms with Crippen LogP contribution >= 0.6 is 0 Å². The van der Waals surface area contributed by atoms with E-state index in [1.165, 1.54) is 0 Å². The van der Waals surface area contributed by atoms with Crippen LogP contribution in [0.15, 0.2) is 18.3 Å². The lowest BCUT2D eigenvalue weighted by Gasteiger charge is -2.17. The topological polar surface area (TPSA) is 138 Å². The molecule has 0 aliphatic rings. The Hall–Kier alpha value is -2.83. The van der Waals surface area contributed by atoms with Crippen molar-refractivity contribution in [3.63, 3.8) is 0 Å². The van der Waals surface area contributed by atoms with Crippen molar-refractivity contribution in [2.24, 2.45) is 0 Å². The van der Waals surface area contributed by atoms with Crippen molar-refractivity contribution < 1.29 is 13.2 Å². The van der Waals surface area contributed by atoms with Gasteiger partial charge in [-0.3, -0.25) is 5.10 Å². The number of pyridine rings is 1. The van der Waals surface area contributed by atoms with Crippen LogP contribution in [-0.2, 0) is 14.8 Å². The number of ether oxygens (including phenoxy) is 1. The Kier molecular flexibility index (Phi) is 7.03. The highest BCUT2D eigenvalue weighted by atomic mass is 32.2. The van der Waals surface area contributed by atoms with Gasteiger partial charge in [-0.1, -0.05) is 0 Å². The second kappa shape index (κ2) is 9.54. The third-order valence-corrected chi connectivity index (χ3v) is 5.14. The maximum absolute atomic E-state index is 12.0. The molecule has 168 valence electrons. The van der Waals surface area contributed by atoms with Gasteiger partial charge in [0.1, 0.15) is 22.5 Å². The van der Waals surface area contributed by atoms with Gasteiger partial charge in [0.25, 0.3) is 0 Å². The average molecular weight is 449 g/mol. The molecule has 0 radical (unpaired) electrons. The molecule has 3 aromatic rings. The van der Waals surface area contributed by atoms with E-state index in [0.717, 1.165) is 11.8 Å². The molecule has 3 rings (SSSR count).